The van der Waals surface area contributed by atoms with Crippen molar-refractivity contribution in [3.63, 3.8) is 0 Å². The largest absolute Gasteiger partial charge is 0.372 e. The Bertz CT molecular complexity index is 1290. The van der Waals surface area contributed by atoms with E-state index in [1.54, 1.807) is 25.1 Å². The van der Waals surface area contributed by atoms with E-state index in [9.17, 15) is 24.5 Å². The molecule has 0 bridgehead atoms. The van der Waals surface area contributed by atoms with Gasteiger partial charge in [-0.05, 0) is 51.0 Å². The number of fused-ring (bicyclic) bond motifs is 4. The number of nitro benzene ring substituents is 1. The van der Waals surface area contributed by atoms with Crippen molar-refractivity contribution in [2.24, 2.45) is 5.41 Å². The highest BCUT2D eigenvalue weighted by molar-refractivity contribution is 6.31. The second-order valence-electron chi connectivity index (χ2n) is 9.66. The Kier molecular flexibility index (Phi) is 5.17. The van der Waals surface area contributed by atoms with E-state index in [0.717, 1.165) is 16.2 Å². The molecule has 4 amide bonds. The van der Waals surface area contributed by atoms with Gasteiger partial charge in [0.25, 0.3) is 11.6 Å². The highest BCUT2D eigenvalue weighted by Gasteiger charge is 2.65. The van der Waals surface area contributed by atoms with Crippen molar-refractivity contribution in [3.05, 3.63) is 63.2 Å². The predicted octanol–water partition coefficient (Wildman–Crippen LogP) is 3.02. The molecule has 1 spiro atoms. The minimum atomic E-state index is -1.72. The third-order valence-electron chi connectivity index (χ3n) is 7.25. The van der Waals surface area contributed by atoms with Crippen LogP contribution in [-0.2, 0) is 20.7 Å². The number of hydrogen-bond donors (Lipinski definition) is 1. The molecule has 182 valence electrons. The molecule has 10 nitrogen and oxygen atoms in total. The normalized spacial score (nSPS) is 28.0. The number of aryl methyl sites for hydroxylation is 2. The minimum Gasteiger partial charge on any atom is -0.372 e. The first-order chi connectivity index (χ1) is 16.5. The number of benzene rings is 2. The maximum atomic E-state index is 14.3. The number of ether oxygens (including phenoxy) is 1. The number of carbonyl (C=O) groups excluding carboxylic acids is 3. The van der Waals surface area contributed by atoms with E-state index in [1.807, 2.05) is 31.7 Å². The predicted molar refractivity (Wildman–Crippen MR) is 127 cm³/mol. The number of nitrogens with zero attached hydrogens (tertiary/aromatic N) is 3. The number of imide groups is 2. The first kappa shape index (κ1) is 23.0. The Morgan fingerprint density at radius 2 is 1.80 bits per heavy atom. The number of hydrogen-bond acceptors (Lipinski definition) is 7. The Hall–Kier alpha value is -3.79. The summed E-state index contributed by atoms with van der Waals surface area (Å²) in [6.45, 7) is 7.80. The summed E-state index contributed by atoms with van der Waals surface area (Å²) in [5.41, 5.74) is 1.46. The number of nitrogens with one attached hydrogen (secondary N) is 1. The van der Waals surface area contributed by atoms with Gasteiger partial charge in [-0.2, -0.15) is 0 Å². The summed E-state index contributed by atoms with van der Waals surface area (Å²) in [4.78, 5) is 54.9. The molecule has 0 unspecified atom stereocenters. The van der Waals surface area contributed by atoms with Crippen LogP contribution in [0.3, 0.4) is 0 Å². The lowest BCUT2D eigenvalue weighted by Gasteiger charge is -2.56. The van der Waals surface area contributed by atoms with Crippen LogP contribution in [0.15, 0.2) is 36.4 Å². The molecule has 35 heavy (non-hydrogen) atoms. The number of nitro groups is 1. The highest BCUT2D eigenvalue weighted by Crippen LogP contribution is 2.49. The van der Waals surface area contributed by atoms with Gasteiger partial charge in [-0.3, -0.25) is 25.0 Å². The van der Waals surface area contributed by atoms with E-state index in [1.165, 1.54) is 12.1 Å². The highest BCUT2D eigenvalue weighted by atomic mass is 16.6. The van der Waals surface area contributed by atoms with Crippen LogP contribution in [0.2, 0.25) is 0 Å². The number of anilines is 2. The van der Waals surface area contributed by atoms with E-state index >= 15 is 0 Å². The SMILES string of the molecule is Cc1ccc(N2C(=O)NC(=O)[C@]3(Cc4cc([N+](=O)[O-])ccc4N4C[C@H](C)O[C@H](C)[C@@H]43)C2=O)c(C)c1. The van der Waals surface area contributed by atoms with Gasteiger partial charge in [-0.1, -0.05) is 17.7 Å². The van der Waals surface area contributed by atoms with E-state index in [-0.39, 0.29) is 18.2 Å². The molecule has 1 N–H and O–H groups in total. The first-order valence-electron chi connectivity index (χ1n) is 11.5. The monoisotopic (exact) mass is 478 g/mol. The molecule has 0 aliphatic carbocycles. The van der Waals surface area contributed by atoms with Crippen LogP contribution in [0.25, 0.3) is 0 Å². The zero-order valence-corrected chi connectivity index (χ0v) is 19.9. The minimum absolute atomic E-state index is 0.0907. The molecule has 0 aromatic heterocycles. The summed E-state index contributed by atoms with van der Waals surface area (Å²) < 4.78 is 6.08. The second kappa shape index (κ2) is 7.88. The van der Waals surface area contributed by atoms with Gasteiger partial charge in [0.05, 0.1) is 28.9 Å². The van der Waals surface area contributed by atoms with Crippen LogP contribution in [0.1, 0.15) is 30.5 Å². The standard InChI is InChI=1S/C25H26N4O6/c1-13-5-7-19(14(2)9-13)28-23(31)25(22(30)26-24(28)32)11-17-10-18(29(33)34)6-8-20(17)27-12-15(3)35-16(4)21(25)27/h5-10,15-16,21H,11-12H2,1-4H3,(H,26,30,32)/t15-,16+,21+,25+/m0/s1. The number of morpholine rings is 1. The molecular formula is C25H26N4O6. The number of amides is 4. The molecule has 3 heterocycles. The van der Waals surface area contributed by atoms with Crippen molar-refractivity contribution < 1.29 is 24.0 Å². The maximum Gasteiger partial charge on any atom is 0.335 e. The summed E-state index contributed by atoms with van der Waals surface area (Å²) in [6.07, 6.45) is -0.809. The zero-order chi connectivity index (χ0) is 25.2. The Morgan fingerprint density at radius 3 is 2.49 bits per heavy atom. The zero-order valence-electron chi connectivity index (χ0n) is 19.9. The molecule has 0 saturated carbocycles. The van der Waals surface area contributed by atoms with Crippen LogP contribution in [-0.4, -0.2) is 47.6 Å². The average molecular weight is 479 g/mol. The van der Waals surface area contributed by atoms with Gasteiger partial charge >= 0.3 is 6.03 Å². The number of non-ortho nitro benzene ring substituents is 1. The summed E-state index contributed by atoms with van der Waals surface area (Å²) in [6, 6.07) is 8.33. The Labute approximate surface area is 202 Å². The van der Waals surface area contributed by atoms with E-state index in [0.29, 0.717) is 23.4 Å². The lowest BCUT2D eigenvalue weighted by Crippen LogP contribution is -2.76. The molecule has 0 radical (unpaired) electrons. The van der Waals surface area contributed by atoms with Crippen molar-refractivity contribution in [2.45, 2.75) is 52.4 Å². The molecule has 4 atom stereocenters. The molecule has 2 saturated heterocycles. The summed E-state index contributed by atoms with van der Waals surface area (Å²) in [5, 5.41) is 13.9. The van der Waals surface area contributed by atoms with E-state index in [2.05, 4.69) is 5.32 Å². The fraction of sp³-hybridized carbons (Fsp3) is 0.400. The smallest absolute Gasteiger partial charge is 0.335 e. The van der Waals surface area contributed by atoms with Crippen LogP contribution in [0.5, 0.6) is 0 Å². The van der Waals surface area contributed by atoms with Crippen LogP contribution >= 0.6 is 0 Å². The van der Waals surface area contributed by atoms with Crippen LogP contribution in [0, 0.1) is 29.4 Å². The number of urea groups is 1. The fourth-order valence-corrected chi connectivity index (χ4v) is 5.90. The average Bonchev–Trinajstić information content (AvgIpc) is 2.78. The molecule has 2 fully saturated rings. The third kappa shape index (κ3) is 3.31. The Balaban J connectivity index is 1.72. The van der Waals surface area contributed by atoms with Gasteiger partial charge in [0.15, 0.2) is 5.41 Å². The van der Waals surface area contributed by atoms with Gasteiger partial charge < -0.3 is 9.64 Å². The van der Waals surface area contributed by atoms with Gasteiger partial charge in [0, 0.05) is 30.8 Å². The van der Waals surface area contributed by atoms with E-state index in [4.69, 9.17) is 4.74 Å². The van der Waals surface area contributed by atoms with Crippen LogP contribution < -0.4 is 15.1 Å². The van der Waals surface area contributed by atoms with E-state index < -0.39 is 40.3 Å². The fourth-order valence-electron chi connectivity index (χ4n) is 5.90. The first-order valence-corrected chi connectivity index (χ1v) is 11.5. The Morgan fingerprint density at radius 1 is 1.09 bits per heavy atom. The lowest BCUT2D eigenvalue weighted by atomic mass is 9.66. The maximum absolute atomic E-state index is 14.3. The lowest BCUT2D eigenvalue weighted by molar-refractivity contribution is -0.384. The number of rotatable bonds is 2. The second-order valence-corrected chi connectivity index (χ2v) is 9.66. The molecular weight excluding hydrogens is 452 g/mol. The van der Waals surface area contributed by atoms with Gasteiger partial charge in [-0.25, -0.2) is 9.69 Å². The molecule has 10 heteroatoms. The topological polar surface area (TPSA) is 122 Å². The molecule has 2 aromatic carbocycles. The van der Waals surface area contributed by atoms with Crippen molar-refractivity contribution in [1.82, 2.24) is 5.32 Å². The molecule has 5 rings (SSSR count). The van der Waals surface area contributed by atoms with Gasteiger partial charge in [-0.15, -0.1) is 0 Å². The number of carbonyl (C=O) groups is 3. The third-order valence-corrected chi connectivity index (χ3v) is 7.25. The van der Waals surface area contributed by atoms with Gasteiger partial charge in [0.2, 0.25) is 5.91 Å². The van der Waals surface area contributed by atoms with Crippen molar-refractivity contribution in [1.29, 1.82) is 0 Å². The molecule has 3 aliphatic heterocycles. The van der Waals surface area contributed by atoms with Gasteiger partial charge in [0.1, 0.15) is 0 Å². The van der Waals surface area contributed by atoms with Crippen LogP contribution in [0.4, 0.5) is 21.9 Å². The summed E-state index contributed by atoms with van der Waals surface area (Å²) in [7, 11) is 0. The van der Waals surface area contributed by atoms with Crippen molar-refractivity contribution in [2.75, 3.05) is 16.3 Å². The quantitative estimate of drug-likeness (QED) is 0.400. The molecule has 2 aromatic rings. The van der Waals surface area contributed by atoms with Crippen molar-refractivity contribution >= 4 is 34.9 Å². The van der Waals surface area contributed by atoms with Crippen molar-refractivity contribution in [3.8, 4) is 0 Å². The molecule has 3 aliphatic rings. The summed E-state index contributed by atoms with van der Waals surface area (Å²) in [5.74, 6) is -1.37. The summed E-state index contributed by atoms with van der Waals surface area (Å²) >= 11 is 0. The number of barbiturate groups is 1.